The van der Waals surface area contributed by atoms with Crippen LogP contribution in [0.3, 0.4) is 0 Å². The maximum absolute atomic E-state index is 12.8. The maximum Gasteiger partial charge on any atom is 0.224 e. The van der Waals surface area contributed by atoms with E-state index in [4.69, 9.17) is 21.3 Å². The second kappa shape index (κ2) is 11.5. The van der Waals surface area contributed by atoms with Gasteiger partial charge in [-0.25, -0.2) is 4.98 Å². The van der Waals surface area contributed by atoms with Crippen LogP contribution in [0.5, 0.6) is 5.75 Å². The smallest absolute Gasteiger partial charge is 0.224 e. The number of carbonyl (C=O) groups is 1. The van der Waals surface area contributed by atoms with Crippen LogP contribution in [0.2, 0.25) is 5.02 Å². The second-order valence-electron chi connectivity index (χ2n) is 9.40. The summed E-state index contributed by atoms with van der Waals surface area (Å²) in [4.78, 5) is 17.6. The molecule has 1 N–H and O–H groups in total. The topological polar surface area (TPSA) is 56.1 Å². The fourth-order valence-corrected chi connectivity index (χ4v) is 4.73. The first-order chi connectivity index (χ1) is 18.5. The van der Waals surface area contributed by atoms with Crippen molar-refractivity contribution in [3.05, 3.63) is 119 Å². The van der Waals surface area contributed by atoms with E-state index in [-0.39, 0.29) is 5.91 Å². The van der Waals surface area contributed by atoms with E-state index in [0.717, 1.165) is 55.4 Å². The van der Waals surface area contributed by atoms with E-state index in [0.29, 0.717) is 26.1 Å². The SMILES string of the molecule is Cc1cc(OCCn2c(CNC(=O)Cc3ccc(-c4ccccc4)cc3)nc3ccccc32)cc(C)c1Cl. The highest BCUT2D eigenvalue weighted by atomic mass is 35.5. The number of aromatic nitrogens is 2. The number of fused-ring (bicyclic) bond motifs is 1. The summed E-state index contributed by atoms with van der Waals surface area (Å²) in [5, 5.41) is 3.81. The molecule has 0 atom stereocenters. The van der Waals surface area contributed by atoms with Gasteiger partial charge in [0, 0.05) is 5.02 Å². The van der Waals surface area contributed by atoms with Gasteiger partial charge in [-0.05, 0) is 65.9 Å². The molecular weight excluding hydrogens is 494 g/mol. The summed E-state index contributed by atoms with van der Waals surface area (Å²) in [6, 6.07) is 30.2. The van der Waals surface area contributed by atoms with E-state index in [9.17, 15) is 4.79 Å². The van der Waals surface area contributed by atoms with Gasteiger partial charge in [0.25, 0.3) is 0 Å². The van der Waals surface area contributed by atoms with E-state index >= 15 is 0 Å². The molecule has 0 aliphatic carbocycles. The molecule has 4 aromatic carbocycles. The Hall–Kier alpha value is -4.09. The van der Waals surface area contributed by atoms with Crippen LogP contribution < -0.4 is 10.1 Å². The zero-order valence-electron chi connectivity index (χ0n) is 21.6. The van der Waals surface area contributed by atoms with E-state index in [1.54, 1.807) is 0 Å². The van der Waals surface area contributed by atoms with Crippen LogP contribution in [0.25, 0.3) is 22.2 Å². The Labute approximate surface area is 228 Å². The average Bonchev–Trinajstić information content (AvgIpc) is 3.29. The molecular formula is C32H30ClN3O2. The van der Waals surface area contributed by atoms with Gasteiger partial charge in [0.1, 0.15) is 18.2 Å². The molecule has 1 amide bonds. The largest absolute Gasteiger partial charge is 0.492 e. The van der Waals surface area contributed by atoms with Gasteiger partial charge in [-0.2, -0.15) is 0 Å². The van der Waals surface area contributed by atoms with Gasteiger partial charge >= 0.3 is 0 Å². The third-order valence-electron chi connectivity index (χ3n) is 6.60. The molecule has 0 fully saturated rings. The Kier molecular flexibility index (Phi) is 7.75. The Morgan fingerprint density at radius 1 is 0.895 bits per heavy atom. The number of carbonyl (C=O) groups excluding carboxylic acids is 1. The predicted molar refractivity (Wildman–Crippen MR) is 154 cm³/mol. The standard InChI is InChI=1S/C32H30ClN3O2/c1-22-18-27(19-23(2)32(22)33)38-17-16-36-29-11-7-6-10-28(29)35-30(36)21-34-31(37)20-24-12-14-26(15-13-24)25-8-4-3-5-9-25/h3-15,18-19H,16-17,20-21H2,1-2H3,(H,34,37). The minimum Gasteiger partial charge on any atom is -0.492 e. The predicted octanol–water partition coefficient (Wildman–Crippen LogP) is 6.91. The number of rotatable bonds is 9. The van der Waals surface area contributed by atoms with E-state index in [1.165, 1.54) is 0 Å². The van der Waals surface area contributed by atoms with Gasteiger partial charge in [0.2, 0.25) is 5.91 Å². The highest BCUT2D eigenvalue weighted by molar-refractivity contribution is 6.32. The molecule has 6 heteroatoms. The number of hydrogen-bond acceptors (Lipinski definition) is 3. The summed E-state index contributed by atoms with van der Waals surface area (Å²) in [7, 11) is 0. The average molecular weight is 524 g/mol. The number of benzene rings is 4. The number of halogens is 1. The lowest BCUT2D eigenvalue weighted by atomic mass is 10.0. The zero-order valence-corrected chi connectivity index (χ0v) is 22.3. The molecule has 0 bridgehead atoms. The molecule has 0 radical (unpaired) electrons. The van der Waals surface area contributed by atoms with Crippen molar-refractivity contribution in [2.45, 2.75) is 33.4 Å². The monoisotopic (exact) mass is 523 g/mol. The highest BCUT2D eigenvalue weighted by Gasteiger charge is 2.13. The van der Waals surface area contributed by atoms with Crippen LogP contribution in [0.1, 0.15) is 22.5 Å². The summed E-state index contributed by atoms with van der Waals surface area (Å²) in [5.74, 6) is 1.55. The lowest BCUT2D eigenvalue weighted by Crippen LogP contribution is -2.26. The molecule has 38 heavy (non-hydrogen) atoms. The first-order valence-corrected chi connectivity index (χ1v) is 13.1. The molecule has 5 nitrogen and oxygen atoms in total. The minimum atomic E-state index is -0.0422. The quantitative estimate of drug-likeness (QED) is 0.228. The first-order valence-electron chi connectivity index (χ1n) is 12.7. The number of nitrogens with one attached hydrogen (secondary N) is 1. The van der Waals surface area contributed by atoms with Gasteiger partial charge in [-0.15, -0.1) is 0 Å². The molecule has 1 heterocycles. The van der Waals surface area contributed by atoms with Crippen molar-refractivity contribution in [3.63, 3.8) is 0 Å². The summed E-state index contributed by atoms with van der Waals surface area (Å²) in [5.41, 5.74) is 7.16. The summed E-state index contributed by atoms with van der Waals surface area (Å²) < 4.78 is 8.16. The molecule has 0 aliphatic heterocycles. The molecule has 0 spiro atoms. The van der Waals surface area contributed by atoms with Crippen LogP contribution in [-0.2, 0) is 24.3 Å². The van der Waals surface area contributed by atoms with E-state index in [2.05, 4.69) is 34.1 Å². The Morgan fingerprint density at radius 2 is 1.55 bits per heavy atom. The number of nitrogens with zero attached hydrogens (tertiary/aromatic N) is 2. The third kappa shape index (κ3) is 5.90. The van der Waals surface area contributed by atoms with Crippen molar-refractivity contribution in [1.82, 2.24) is 14.9 Å². The van der Waals surface area contributed by atoms with E-state index in [1.807, 2.05) is 80.6 Å². The fraction of sp³-hybridized carbons (Fsp3) is 0.188. The normalized spacial score (nSPS) is 11.0. The van der Waals surface area contributed by atoms with Gasteiger partial charge in [-0.1, -0.05) is 78.3 Å². The first kappa shape index (κ1) is 25.6. The highest BCUT2D eigenvalue weighted by Crippen LogP contribution is 2.26. The van der Waals surface area contributed by atoms with Crippen molar-refractivity contribution >= 4 is 28.5 Å². The lowest BCUT2D eigenvalue weighted by molar-refractivity contribution is -0.120. The Morgan fingerprint density at radius 3 is 2.29 bits per heavy atom. The van der Waals surface area contributed by atoms with Crippen molar-refractivity contribution < 1.29 is 9.53 Å². The molecule has 0 unspecified atom stereocenters. The van der Waals surface area contributed by atoms with Gasteiger partial charge in [0.15, 0.2) is 0 Å². The molecule has 1 aromatic heterocycles. The van der Waals surface area contributed by atoms with E-state index < -0.39 is 0 Å². The van der Waals surface area contributed by atoms with Crippen LogP contribution in [0.4, 0.5) is 0 Å². The minimum absolute atomic E-state index is 0.0422. The lowest BCUT2D eigenvalue weighted by Gasteiger charge is -2.13. The van der Waals surface area contributed by atoms with Crippen LogP contribution >= 0.6 is 11.6 Å². The van der Waals surface area contributed by atoms with Gasteiger partial charge < -0.3 is 14.6 Å². The molecule has 0 saturated carbocycles. The van der Waals surface area contributed by atoms with Crippen LogP contribution in [0.15, 0.2) is 91.0 Å². The number of amides is 1. The zero-order chi connectivity index (χ0) is 26.5. The molecule has 192 valence electrons. The second-order valence-corrected chi connectivity index (χ2v) is 9.78. The number of aryl methyl sites for hydroxylation is 2. The summed E-state index contributed by atoms with van der Waals surface area (Å²) >= 11 is 6.29. The number of imidazole rings is 1. The number of ether oxygens (including phenoxy) is 1. The van der Waals surface area contributed by atoms with Gasteiger partial charge in [0.05, 0.1) is 30.5 Å². The number of para-hydroxylation sites is 2. The molecule has 0 saturated heterocycles. The molecule has 5 rings (SSSR count). The summed E-state index contributed by atoms with van der Waals surface area (Å²) in [6.07, 6.45) is 0.313. The van der Waals surface area contributed by atoms with Crippen molar-refractivity contribution in [2.24, 2.45) is 0 Å². The number of hydrogen-bond donors (Lipinski definition) is 1. The third-order valence-corrected chi connectivity index (χ3v) is 7.19. The summed E-state index contributed by atoms with van der Waals surface area (Å²) in [6.45, 7) is 5.37. The van der Waals surface area contributed by atoms with Gasteiger partial charge in [-0.3, -0.25) is 4.79 Å². The fourth-order valence-electron chi connectivity index (χ4n) is 4.63. The molecule has 5 aromatic rings. The maximum atomic E-state index is 12.8. The van der Waals surface area contributed by atoms with Crippen molar-refractivity contribution in [2.75, 3.05) is 6.61 Å². The Bertz CT molecular complexity index is 1540. The van der Waals surface area contributed by atoms with Crippen LogP contribution in [0, 0.1) is 13.8 Å². The molecule has 0 aliphatic rings. The van der Waals surface area contributed by atoms with Crippen molar-refractivity contribution in [1.29, 1.82) is 0 Å². The van der Waals surface area contributed by atoms with Crippen LogP contribution in [-0.4, -0.2) is 22.1 Å². The van der Waals surface area contributed by atoms with Crippen molar-refractivity contribution in [3.8, 4) is 16.9 Å². The Balaban J connectivity index is 1.23.